The molecule has 5 atom stereocenters. The molecule has 0 bridgehead atoms. The summed E-state index contributed by atoms with van der Waals surface area (Å²) in [4.78, 5) is 70.1. The van der Waals surface area contributed by atoms with Gasteiger partial charge in [-0.25, -0.2) is 4.79 Å². The number of aliphatic hydroxyl groups is 1. The minimum absolute atomic E-state index is 0.384. The predicted octanol–water partition coefficient (Wildman–Crippen LogP) is -2.77. The van der Waals surface area contributed by atoms with Gasteiger partial charge in [0, 0.05) is 6.42 Å². The SMILES string of the molecule is CC(C)C(NC(=O)C(CCC(=O)O)NC(=O)C(N)CC(=O)O)C(=O)NC(C(=O)O)C(C)O. The molecule has 0 heterocycles. The number of carbonyl (C=O) groups is 6. The van der Waals surface area contributed by atoms with E-state index in [0.29, 0.717) is 0 Å². The lowest BCUT2D eigenvalue weighted by molar-refractivity contribution is -0.145. The lowest BCUT2D eigenvalue weighted by Crippen LogP contribution is -2.59. The lowest BCUT2D eigenvalue weighted by atomic mass is 10.0. The summed E-state index contributed by atoms with van der Waals surface area (Å²) in [5.74, 6) is -7.59. The summed E-state index contributed by atoms with van der Waals surface area (Å²) in [5, 5.41) is 42.8. The predicted molar refractivity (Wildman–Crippen MR) is 107 cm³/mol. The van der Waals surface area contributed by atoms with E-state index in [1.165, 1.54) is 13.8 Å². The Balaban J connectivity index is 5.49. The maximum absolute atomic E-state index is 12.7. The van der Waals surface area contributed by atoms with Gasteiger partial charge in [0.2, 0.25) is 17.7 Å². The molecule has 0 aromatic heterocycles. The minimum Gasteiger partial charge on any atom is -0.481 e. The zero-order valence-electron chi connectivity index (χ0n) is 17.9. The van der Waals surface area contributed by atoms with Gasteiger partial charge in [0.1, 0.15) is 12.1 Å². The first-order valence-corrected chi connectivity index (χ1v) is 9.68. The Kier molecular flexibility index (Phi) is 11.9. The van der Waals surface area contributed by atoms with Crippen LogP contribution in [0.2, 0.25) is 0 Å². The van der Waals surface area contributed by atoms with Crippen molar-refractivity contribution >= 4 is 35.6 Å². The summed E-state index contributed by atoms with van der Waals surface area (Å²) in [6, 6.07) is -5.89. The Morgan fingerprint density at radius 3 is 1.72 bits per heavy atom. The highest BCUT2D eigenvalue weighted by atomic mass is 16.4. The maximum atomic E-state index is 12.7. The normalized spacial score (nSPS) is 15.6. The molecule has 0 radical (unpaired) electrons. The van der Waals surface area contributed by atoms with Crippen molar-refractivity contribution in [3.05, 3.63) is 0 Å². The molecule has 5 unspecified atom stereocenters. The average Bonchev–Trinajstić information content (AvgIpc) is 2.65. The van der Waals surface area contributed by atoms with Crippen molar-refractivity contribution in [1.29, 1.82) is 0 Å². The molecule has 0 rings (SSSR count). The van der Waals surface area contributed by atoms with E-state index in [9.17, 15) is 33.9 Å². The van der Waals surface area contributed by atoms with Crippen molar-refractivity contribution in [2.75, 3.05) is 0 Å². The first-order chi connectivity index (χ1) is 14.7. The molecule has 0 spiro atoms. The number of hydrogen-bond donors (Lipinski definition) is 8. The number of amides is 3. The number of hydrogen-bond acceptors (Lipinski definition) is 8. The Labute approximate surface area is 183 Å². The third-order valence-corrected chi connectivity index (χ3v) is 4.30. The second-order valence-electron chi connectivity index (χ2n) is 7.49. The van der Waals surface area contributed by atoms with E-state index < -0.39 is 84.7 Å². The fourth-order valence-corrected chi connectivity index (χ4v) is 2.52. The fourth-order valence-electron chi connectivity index (χ4n) is 2.52. The number of aliphatic carboxylic acids is 3. The summed E-state index contributed by atoms with van der Waals surface area (Å²) in [7, 11) is 0. The zero-order valence-corrected chi connectivity index (χ0v) is 17.9. The van der Waals surface area contributed by atoms with Gasteiger partial charge in [-0.2, -0.15) is 0 Å². The topological polar surface area (TPSA) is 245 Å². The third-order valence-electron chi connectivity index (χ3n) is 4.30. The van der Waals surface area contributed by atoms with Crippen LogP contribution < -0.4 is 21.7 Å². The number of aliphatic hydroxyl groups excluding tert-OH is 1. The largest absolute Gasteiger partial charge is 0.481 e. The number of carboxylic acids is 3. The fraction of sp³-hybridized carbons (Fsp3) is 0.667. The molecule has 0 fully saturated rings. The van der Waals surface area contributed by atoms with Crippen molar-refractivity contribution in [2.24, 2.45) is 11.7 Å². The van der Waals surface area contributed by atoms with Crippen molar-refractivity contribution in [3.63, 3.8) is 0 Å². The first kappa shape index (κ1) is 28.7. The minimum atomic E-state index is -1.64. The Bertz CT molecular complexity index is 725. The highest BCUT2D eigenvalue weighted by molar-refractivity contribution is 5.95. The molecule has 14 heteroatoms. The van der Waals surface area contributed by atoms with E-state index in [1.807, 2.05) is 0 Å². The van der Waals surface area contributed by atoms with E-state index >= 15 is 0 Å². The van der Waals surface area contributed by atoms with Gasteiger partial charge in [0.15, 0.2) is 6.04 Å². The van der Waals surface area contributed by atoms with Crippen LogP contribution in [0.4, 0.5) is 0 Å². The van der Waals surface area contributed by atoms with Gasteiger partial charge in [-0.15, -0.1) is 0 Å². The van der Waals surface area contributed by atoms with Crippen molar-refractivity contribution in [3.8, 4) is 0 Å². The molecule has 0 saturated heterocycles. The van der Waals surface area contributed by atoms with Gasteiger partial charge >= 0.3 is 17.9 Å². The van der Waals surface area contributed by atoms with Crippen LogP contribution in [0.15, 0.2) is 0 Å². The summed E-state index contributed by atoms with van der Waals surface area (Å²) >= 11 is 0. The van der Waals surface area contributed by atoms with E-state index in [-0.39, 0.29) is 6.42 Å². The molecule has 32 heavy (non-hydrogen) atoms. The van der Waals surface area contributed by atoms with Crippen LogP contribution in [0.25, 0.3) is 0 Å². The van der Waals surface area contributed by atoms with Crippen LogP contribution in [0.1, 0.15) is 40.0 Å². The Morgan fingerprint density at radius 2 is 1.31 bits per heavy atom. The van der Waals surface area contributed by atoms with Crippen molar-refractivity contribution < 1.29 is 49.2 Å². The molecule has 182 valence electrons. The zero-order chi connectivity index (χ0) is 25.2. The Hall–Kier alpha value is -3.26. The molecular formula is C18H30N4O10. The number of carboxylic acid groups (broad SMARTS) is 3. The van der Waals surface area contributed by atoms with Gasteiger partial charge < -0.3 is 42.1 Å². The first-order valence-electron chi connectivity index (χ1n) is 9.68. The van der Waals surface area contributed by atoms with E-state index in [1.54, 1.807) is 0 Å². The van der Waals surface area contributed by atoms with E-state index in [0.717, 1.165) is 6.92 Å². The van der Waals surface area contributed by atoms with Gasteiger partial charge in [-0.1, -0.05) is 13.8 Å². The molecule has 3 amide bonds. The van der Waals surface area contributed by atoms with Crippen LogP contribution in [-0.2, 0) is 28.8 Å². The molecule has 0 aromatic carbocycles. The molecule has 0 aliphatic rings. The average molecular weight is 462 g/mol. The second-order valence-corrected chi connectivity index (χ2v) is 7.49. The number of rotatable bonds is 14. The van der Waals surface area contributed by atoms with Crippen LogP contribution in [0, 0.1) is 5.92 Å². The summed E-state index contributed by atoms with van der Waals surface area (Å²) in [6.45, 7) is 4.23. The van der Waals surface area contributed by atoms with Gasteiger partial charge in [0.25, 0.3) is 0 Å². The summed E-state index contributed by atoms with van der Waals surface area (Å²) in [5.41, 5.74) is 5.45. The molecule has 9 N–H and O–H groups in total. The second kappa shape index (κ2) is 13.2. The van der Waals surface area contributed by atoms with Crippen LogP contribution in [0.3, 0.4) is 0 Å². The molecule has 0 aromatic rings. The van der Waals surface area contributed by atoms with E-state index in [4.69, 9.17) is 21.1 Å². The third kappa shape index (κ3) is 10.2. The smallest absolute Gasteiger partial charge is 0.328 e. The summed E-state index contributed by atoms with van der Waals surface area (Å²) in [6.07, 6.45) is -3.08. The lowest BCUT2D eigenvalue weighted by Gasteiger charge is -2.27. The quantitative estimate of drug-likeness (QED) is 0.131. The molecule has 0 aliphatic heterocycles. The number of carbonyl (C=O) groups excluding carboxylic acids is 3. The van der Waals surface area contributed by atoms with Crippen molar-refractivity contribution in [2.45, 2.75) is 70.3 Å². The van der Waals surface area contributed by atoms with Crippen LogP contribution in [-0.4, -0.2) is 86.3 Å². The van der Waals surface area contributed by atoms with Crippen molar-refractivity contribution in [1.82, 2.24) is 16.0 Å². The number of nitrogens with two attached hydrogens (primary N) is 1. The maximum Gasteiger partial charge on any atom is 0.328 e. The highest BCUT2D eigenvalue weighted by Gasteiger charge is 2.33. The molecule has 14 nitrogen and oxygen atoms in total. The monoisotopic (exact) mass is 462 g/mol. The molecule has 0 saturated carbocycles. The van der Waals surface area contributed by atoms with Gasteiger partial charge in [0.05, 0.1) is 18.6 Å². The highest BCUT2D eigenvalue weighted by Crippen LogP contribution is 2.07. The standard InChI is InChI=1S/C18H30N4O10/c1-7(2)13(17(30)22-14(8(3)23)18(31)32)21-16(29)10(4-5-11(24)25)20-15(28)9(19)6-12(26)27/h7-10,13-14,23H,4-6,19H2,1-3H3,(H,20,28)(H,21,29)(H,22,30)(H,24,25)(H,26,27)(H,31,32). The van der Waals surface area contributed by atoms with E-state index in [2.05, 4.69) is 16.0 Å². The van der Waals surface area contributed by atoms with Gasteiger partial charge in [-0.3, -0.25) is 24.0 Å². The Morgan fingerprint density at radius 1 is 0.781 bits per heavy atom. The summed E-state index contributed by atoms with van der Waals surface area (Å²) < 4.78 is 0. The molecule has 0 aliphatic carbocycles. The van der Waals surface area contributed by atoms with Gasteiger partial charge in [-0.05, 0) is 19.3 Å². The molecular weight excluding hydrogens is 432 g/mol. The van der Waals surface area contributed by atoms with Crippen LogP contribution >= 0.6 is 0 Å². The number of nitrogens with one attached hydrogen (secondary N) is 3. The van der Waals surface area contributed by atoms with Crippen LogP contribution in [0.5, 0.6) is 0 Å².